The number of rotatable bonds is 2. The van der Waals surface area contributed by atoms with Crippen molar-refractivity contribution in [1.29, 1.82) is 0 Å². The van der Waals surface area contributed by atoms with Crippen molar-refractivity contribution in [3.8, 4) is 0 Å². The average molecular weight is 172 g/mol. The minimum Gasteiger partial charge on any atom is -0.336 e. The van der Waals surface area contributed by atoms with Crippen LogP contribution in [0, 0.1) is 20.8 Å². The molecular formula is C8H14NOS+. The van der Waals surface area contributed by atoms with Crippen molar-refractivity contribution in [3.05, 3.63) is 15.6 Å². The van der Waals surface area contributed by atoms with Crippen LogP contribution < -0.4 is 0 Å². The second-order valence-corrected chi connectivity index (χ2v) is 4.79. The van der Waals surface area contributed by atoms with Gasteiger partial charge in [-0.2, -0.15) is 0 Å². The van der Waals surface area contributed by atoms with E-state index in [4.69, 9.17) is 4.74 Å². The Morgan fingerprint density at radius 2 is 2.00 bits per heavy atom. The quantitative estimate of drug-likeness (QED) is 0.639. The summed E-state index contributed by atoms with van der Waals surface area (Å²) in [6.07, 6.45) is 0. The normalized spacial score (nSPS) is 12.2. The van der Waals surface area contributed by atoms with Gasteiger partial charge in [0.25, 0.3) is 0 Å². The molecule has 1 rings (SSSR count). The third-order valence-electron chi connectivity index (χ3n) is 1.80. The molecule has 0 saturated carbocycles. The molecule has 3 heteroatoms. The van der Waals surface area contributed by atoms with Gasteiger partial charge in [-0.25, -0.2) is 4.98 Å². The zero-order valence-corrected chi connectivity index (χ0v) is 8.29. The topological polar surface area (TPSA) is 22.1 Å². The average Bonchev–Trinajstić information content (AvgIpc) is 2.17. The number of aromatic nitrogens is 1. The third-order valence-corrected chi connectivity index (χ3v) is 4.11. The predicted molar refractivity (Wildman–Crippen MR) is 47.9 cm³/mol. The van der Waals surface area contributed by atoms with Crippen LogP contribution in [0.15, 0.2) is 0 Å². The minimum absolute atomic E-state index is 0.160. The Labute approximate surface area is 70.2 Å². The molecule has 1 aromatic heterocycles. The van der Waals surface area contributed by atoms with E-state index >= 15 is 0 Å². The summed E-state index contributed by atoms with van der Waals surface area (Å²) in [7, 11) is 1.90. The zero-order chi connectivity index (χ0) is 8.43. The van der Waals surface area contributed by atoms with Crippen molar-refractivity contribution in [2.45, 2.75) is 26.7 Å². The van der Waals surface area contributed by atoms with Crippen molar-refractivity contribution >= 4 is 10.5 Å². The van der Waals surface area contributed by atoms with E-state index in [0.717, 1.165) is 5.94 Å². The van der Waals surface area contributed by atoms with Crippen LogP contribution in [0.4, 0.5) is 0 Å². The molecule has 0 amide bonds. The number of aryl methyl sites for hydroxylation is 2. The molecule has 2 nitrogen and oxygen atoms in total. The molecule has 1 atom stereocenters. The van der Waals surface area contributed by atoms with E-state index in [1.165, 1.54) is 15.6 Å². The molecule has 0 aromatic carbocycles. The highest BCUT2D eigenvalue weighted by atomic mass is 32.2. The van der Waals surface area contributed by atoms with Crippen LogP contribution in [0.5, 0.6) is 0 Å². The molecule has 0 aliphatic rings. The van der Waals surface area contributed by atoms with Crippen molar-refractivity contribution in [2.24, 2.45) is 0 Å². The van der Waals surface area contributed by atoms with E-state index in [9.17, 15) is 0 Å². The van der Waals surface area contributed by atoms with E-state index in [2.05, 4.69) is 25.8 Å². The lowest BCUT2D eigenvalue weighted by Gasteiger charge is -1.89. The summed E-state index contributed by atoms with van der Waals surface area (Å²) in [5.74, 6) is 0.790. The highest BCUT2D eigenvalue weighted by Crippen LogP contribution is 2.30. The number of hydrogen-bond acceptors (Lipinski definition) is 2. The second kappa shape index (κ2) is 3.32. The Morgan fingerprint density at radius 1 is 1.36 bits per heavy atom. The van der Waals surface area contributed by atoms with E-state index in [0.29, 0.717) is 0 Å². The molecule has 0 aliphatic heterocycles. The van der Waals surface area contributed by atoms with Crippen molar-refractivity contribution in [1.82, 2.24) is 4.98 Å². The number of thiazole rings is 1. The predicted octanol–water partition coefficient (Wildman–Crippen LogP) is 2.36. The largest absolute Gasteiger partial charge is 0.336 e. The van der Waals surface area contributed by atoms with Gasteiger partial charge >= 0.3 is 0 Å². The summed E-state index contributed by atoms with van der Waals surface area (Å²) in [6.45, 7) is 6.26. The van der Waals surface area contributed by atoms with E-state index in [-0.39, 0.29) is 10.5 Å². The maximum atomic E-state index is 5.11. The molecule has 0 bridgehead atoms. The van der Waals surface area contributed by atoms with Crippen LogP contribution in [-0.4, -0.2) is 12.1 Å². The van der Waals surface area contributed by atoms with Gasteiger partial charge < -0.3 is 4.74 Å². The van der Waals surface area contributed by atoms with Gasteiger partial charge in [0.2, 0.25) is 10.9 Å². The van der Waals surface area contributed by atoms with Crippen molar-refractivity contribution in [2.75, 3.05) is 7.11 Å². The molecule has 0 saturated heterocycles. The van der Waals surface area contributed by atoms with Gasteiger partial charge in [0.15, 0.2) is 4.88 Å². The summed E-state index contributed by atoms with van der Waals surface area (Å²) in [5.41, 5.74) is 1.17. The summed E-state index contributed by atoms with van der Waals surface area (Å²) in [6, 6.07) is 0. The molecule has 1 unspecified atom stereocenters. The van der Waals surface area contributed by atoms with Gasteiger partial charge in [0.1, 0.15) is 0 Å². The summed E-state index contributed by atoms with van der Waals surface area (Å²) in [4.78, 5) is 5.78. The number of ether oxygens (including phenoxy) is 1. The zero-order valence-electron chi connectivity index (χ0n) is 7.47. The van der Waals surface area contributed by atoms with Crippen molar-refractivity contribution in [3.63, 3.8) is 0 Å². The van der Waals surface area contributed by atoms with Gasteiger partial charge in [-0.3, -0.25) is 0 Å². The van der Waals surface area contributed by atoms with Crippen LogP contribution in [0.3, 0.4) is 0 Å². The monoisotopic (exact) mass is 172 g/mol. The lowest BCUT2D eigenvalue weighted by atomic mass is 10.4. The Hall–Kier alpha value is -0.410. The number of nitrogens with zero attached hydrogens (tertiary/aromatic N) is 1. The van der Waals surface area contributed by atoms with Gasteiger partial charge in [0, 0.05) is 31.4 Å². The molecular weight excluding hydrogens is 158 g/mol. The molecule has 1 heterocycles. The Morgan fingerprint density at radius 3 is 2.36 bits per heavy atom. The van der Waals surface area contributed by atoms with E-state index in [1.54, 1.807) is 7.11 Å². The van der Waals surface area contributed by atoms with Crippen LogP contribution in [0.1, 0.15) is 15.6 Å². The van der Waals surface area contributed by atoms with Crippen LogP contribution in [0.25, 0.3) is 0 Å². The van der Waals surface area contributed by atoms with Gasteiger partial charge in [0.05, 0.1) is 5.69 Å². The highest BCUT2D eigenvalue weighted by molar-refractivity contribution is 7.30. The fraction of sp³-hybridized carbons (Fsp3) is 0.625. The fourth-order valence-electron chi connectivity index (χ4n) is 1.06. The highest BCUT2D eigenvalue weighted by Gasteiger charge is 2.18. The smallest absolute Gasteiger partial charge is 0.241 e. The summed E-state index contributed by atoms with van der Waals surface area (Å²) < 4.78 is 5.11. The van der Waals surface area contributed by atoms with Crippen LogP contribution in [-0.2, 0) is 10.7 Å². The number of methoxy groups -OCH3 is 1. The maximum absolute atomic E-state index is 5.11. The maximum Gasteiger partial charge on any atom is 0.241 e. The molecule has 1 aromatic rings. The molecule has 0 fully saturated rings. The lowest BCUT2D eigenvalue weighted by molar-refractivity contribution is 0.216. The van der Waals surface area contributed by atoms with Crippen LogP contribution >= 0.6 is 10.5 Å². The third kappa shape index (κ3) is 1.60. The van der Waals surface area contributed by atoms with Gasteiger partial charge in [-0.1, -0.05) is 0 Å². The molecule has 0 N–H and O–H groups in total. The minimum atomic E-state index is 0.160. The first-order valence-corrected chi connectivity index (χ1v) is 4.98. The number of hydrogen-bond donors (Lipinski definition) is 0. The Bertz CT molecular complexity index is 255. The Balaban J connectivity index is 3.02. The molecule has 0 aliphatic carbocycles. The first kappa shape index (κ1) is 8.68. The first-order valence-electron chi connectivity index (χ1n) is 3.59. The molecule has 62 valence electrons. The Kier molecular flexibility index (Phi) is 2.62. The first-order chi connectivity index (χ1) is 5.16. The fourth-order valence-corrected chi connectivity index (χ4v) is 2.74. The molecule has 0 radical (unpaired) electrons. The summed E-state index contributed by atoms with van der Waals surface area (Å²) >= 11 is 0. The second-order valence-electron chi connectivity index (χ2n) is 2.57. The summed E-state index contributed by atoms with van der Waals surface area (Å²) in [5, 5.41) is 1.21. The van der Waals surface area contributed by atoms with Crippen molar-refractivity contribution < 1.29 is 4.74 Å². The van der Waals surface area contributed by atoms with E-state index < -0.39 is 0 Å². The standard InChI is InChI=1S/C8H14NOS/c1-6-7(2)11(5-10-4)8(3)9-6/h5H2,1-4H3/q+1. The van der Waals surface area contributed by atoms with E-state index in [1.807, 2.05) is 0 Å². The SMILES string of the molecule is COC[s+]1c(C)nc(C)c1C. The van der Waals surface area contributed by atoms with Gasteiger partial charge in [-0.15, -0.1) is 0 Å². The molecule has 11 heavy (non-hydrogen) atoms. The van der Waals surface area contributed by atoms with Gasteiger partial charge in [-0.05, 0) is 6.92 Å². The van der Waals surface area contributed by atoms with Crippen LogP contribution in [0.2, 0.25) is 0 Å². The lowest BCUT2D eigenvalue weighted by Crippen LogP contribution is -1.79. The molecule has 0 spiro atoms.